The molecule has 1 saturated carbocycles. The molecule has 3 atom stereocenters. The van der Waals surface area contributed by atoms with E-state index in [0.717, 1.165) is 12.8 Å². The Bertz CT molecular complexity index is 928. The van der Waals surface area contributed by atoms with Gasteiger partial charge in [-0.25, -0.2) is 31.1 Å². The van der Waals surface area contributed by atoms with Crippen LogP contribution < -0.4 is 9.44 Å². The summed E-state index contributed by atoms with van der Waals surface area (Å²) in [6, 6.07) is 0. The van der Waals surface area contributed by atoms with Gasteiger partial charge >= 0.3 is 37.0 Å². The maximum absolute atomic E-state index is 12.0. The van der Waals surface area contributed by atoms with Gasteiger partial charge in [0.2, 0.25) is 0 Å². The van der Waals surface area contributed by atoms with Gasteiger partial charge in [-0.1, -0.05) is 18.7 Å². The minimum Gasteiger partial charge on any atom is -0.461 e. The molecule has 1 fully saturated rings. The maximum atomic E-state index is 12.0. The quantitative estimate of drug-likeness (QED) is 0.168. The van der Waals surface area contributed by atoms with Crippen molar-refractivity contribution in [1.29, 1.82) is 0 Å². The van der Waals surface area contributed by atoms with Crippen molar-refractivity contribution in [2.75, 3.05) is 19.7 Å². The van der Waals surface area contributed by atoms with Crippen molar-refractivity contribution in [2.24, 2.45) is 17.8 Å². The number of carbonyl (C=O) groups is 1. The van der Waals surface area contributed by atoms with E-state index in [1.807, 2.05) is 6.08 Å². The van der Waals surface area contributed by atoms with Crippen molar-refractivity contribution >= 4 is 26.0 Å². The third-order valence-corrected chi connectivity index (χ3v) is 6.89. The van der Waals surface area contributed by atoms with Gasteiger partial charge < -0.3 is 4.74 Å². The van der Waals surface area contributed by atoms with Crippen LogP contribution in [0.15, 0.2) is 24.3 Å². The fraction of sp³-hybridized carbons (Fsp3) is 0.688. The van der Waals surface area contributed by atoms with Gasteiger partial charge in [0.25, 0.3) is 0 Å². The first-order valence-corrected chi connectivity index (χ1v) is 12.0. The second-order valence-corrected chi connectivity index (χ2v) is 10.6. The number of sulfonamides is 2. The number of fused-ring (bicyclic) bond motifs is 2. The lowest BCUT2D eigenvalue weighted by Crippen LogP contribution is -2.39. The predicted molar refractivity (Wildman–Crippen MR) is 101 cm³/mol. The fourth-order valence-electron chi connectivity index (χ4n) is 2.95. The molecule has 0 radical (unpaired) electrons. The Kier molecular flexibility index (Phi) is 9.33. The lowest BCUT2D eigenvalue weighted by molar-refractivity contribution is -0.138. The van der Waals surface area contributed by atoms with Crippen molar-refractivity contribution in [1.82, 2.24) is 9.44 Å². The molecule has 0 spiro atoms. The fourth-order valence-corrected chi connectivity index (χ4v) is 4.07. The zero-order valence-corrected chi connectivity index (χ0v) is 18.3. The van der Waals surface area contributed by atoms with Crippen LogP contribution in [-0.4, -0.2) is 53.5 Å². The van der Waals surface area contributed by atoms with Crippen molar-refractivity contribution in [3.63, 3.8) is 0 Å². The second kappa shape index (κ2) is 10.5. The number of allylic oxidation sites excluding steroid dienone is 2. The maximum Gasteiger partial charge on any atom is 0.511 e. The zero-order chi connectivity index (χ0) is 25.0. The Labute approximate surface area is 181 Å². The summed E-state index contributed by atoms with van der Waals surface area (Å²) in [6.45, 7) is 3.31. The lowest BCUT2D eigenvalue weighted by Gasteiger charge is -2.18. The number of nitrogens with one attached hydrogen (secondary N) is 2. The van der Waals surface area contributed by atoms with Crippen LogP contribution in [-0.2, 0) is 29.6 Å². The van der Waals surface area contributed by atoms with E-state index >= 15 is 0 Å². The number of ether oxygens (including phenoxy) is 1. The Morgan fingerprint density at radius 3 is 1.94 bits per heavy atom. The molecule has 0 heterocycles. The Hall–Kier alpha value is -1.65. The van der Waals surface area contributed by atoms with E-state index in [1.54, 1.807) is 4.72 Å². The summed E-state index contributed by atoms with van der Waals surface area (Å²) in [5.74, 6) is -0.135. The molecule has 0 aliphatic heterocycles. The number of alkyl halides is 6. The summed E-state index contributed by atoms with van der Waals surface area (Å²) in [7, 11) is -10.6. The van der Waals surface area contributed by atoms with Gasteiger partial charge in [0.15, 0.2) is 0 Å². The van der Waals surface area contributed by atoms with Crippen molar-refractivity contribution < 1.29 is 52.7 Å². The Balaban J connectivity index is 0.000000320. The number of halogens is 6. The summed E-state index contributed by atoms with van der Waals surface area (Å²) in [4.78, 5) is 10.7. The standard InChI is InChI=1S/C9H12F3NO2S.C7H10F3NO4S/c10-9(11,12)16(14,15)13-5-8-4-6-1-2-7(8)3-6;1-5(2)6(12)15-4-3-11-16(13,14)7(8,9)10/h1-2,6-8,13H,3-5H2;11H,1,3-4H2,2H3. The van der Waals surface area contributed by atoms with Gasteiger partial charge in [-0.05, 0) is 37.5 Å². The summed E-state index contributed by atoms with van der Waals surface area (Å²) in [6.07, 6.45) is 5.75. The summed E-state index contributed by atoms with van der Waals surface area (Å²) in [5, 5.41) is 0. The molecule has 2 aliphatic carbocycles. The third-order valence-electron chi connectivity index (χ3n) is 4.54. The number of rotatable bonds is 8. The van der Waals surface area contributed by atoms with Crippen LogP contribution in [0.3, 0.4) is 0 Å². The number of esters is 1. The topological polar surface area (TPSA) is 119 Å². The van der Waals surface area contributed by atoms with E-state index in [9.17, 15) is 48.0 Å². The second-order valence-electron chi connectivity index (χ2n) is 7.10. The van der Waals surface area contributed by atoms with Crippen molar-refractivity contribution in [2.45, 2.75) is 30.8 Å². The van der Waals surface area contributed by atoms with E-state index in [1.165, 1.54) is 11.6 Å². The minimum atomic E-state index is -5.38. The molecule has 0 aromatic carbocycles. The van der Waals surface area contributed by atoms with Crippen LogP contribution in [0.2, 0.25) is 0 Å². The molecule has 16 heteroatoms. The lowest BCUT2D eigenvalue weighted by atomic mass is 9.94. The highest BCUT2D eigenvalue weighted by molar-refractivity contribution is 7.90. The highest BCUT2D eigenvalue weighted by Gasteiger charge is 2.47. The highest BCUT2D eigenvalue weighted by Crippen LogP contribution is 2.43. The SMILES string of the molecule is C=C(C)C(=O)OCCNS(=O)(=O)C(F)(F)F.O=S(=O)(NCC1CC2C=CC1C2)C(F)(F)F. The molecule has 2 bridgehead atoms. The zero-order valence-electron chi connectivity index (χ0n) is 16.7. The number of hydrogen-bond acceptors (Lipinski definition) is 6. The van der Waals surface area contributed by atoms with Crippen LogP contribution in [0.25, 0.3) is 0 Å². The number of carbonyl (C=O) groups excluding carboxylic acids is 1. The molecular weight excluding hydrogens is 494 g/mol. The first-order chi connectivity index (χ1) is 14.4. The molecule has 2 aliphatic rings. The van der Waals surface area contributed by atoms with Crippen molar-refractivity contribution in [3.05, 3.63) is 24.3 Å². The van der Waals surface area contributed by atoms with E-state index < -0.39 is 50.2 Å². The molecule has 3 unspecified atom stereocenters. The van der Waals surface area contributed by atoms with Crippen LogP contribution in [0.4, 0.5) is 26.3 Å². The van der Waals surface area contributed by atoms with Gasteiger partial charge in [-0.3, -0.25) is 0 Å². The highest BCUT2D eigenvalue weighted by atomic mass is 32.2. The van der Waals surface area contributed by atoms with Crippen LogP contribution in [0.5, 0.6) is 0 Å². The van der Waals surface area contributed by atoms with Crippen LogP contribution in [0.1, 0.15) is 19.8 Å². The van der Waals surface area contributed by atoms with Gasteiger partial charge in [-0.15, -0.1) is 0 Å². The first-order valence-electron chi connectivity index (χ1n) is 9.00. The minimum absolute atomic E-state index is 0.00660. The molecular formula is C16H22F6N2O6S2. The Morgan fingerprint density at radius 1 is 1.00 bits per heavy atom. The molecule has 8 nitrogen and oxygen atoms in total. The number of hydrogen-bond donors (Lipinski definition) is 2. The average Bonchev–Trinajstić information content (AvgIpc) is 3.25. The molecule has 0 aromatic rings. The van der Waals surface area contributed by atoms with Crippen LogP contribution in [0, 0.1) is 17.8 Å². The van der Waals surface area contributed by atoms with E-state index in [2.05, 4.69) is 17.4 Å². The van der Waals surface area contributed by atoms with Gasteiger partial charge in [0.1, 0.15) is 6.61 Å². The smallest absolute Gasteiger partial charge is 0.461 e. The van der Waals surface area contributed by atoms with E-state index in [-0.39, 0.29) is 24.0 Å². The molecule has 0 aromatic heterocycles. The molecule has 2 rings (SSSR count). The van der Waals surface area contributed by atoms with Gasteiger partial charge in [-0.2, -0.15) is 26.3 Å². The largest absolute Gasteiger partial charge is 0.511 e. The van der Waals surface area contributed by atoms with Gasteiger partial charge in [0.05, 0.1) is 0 Å². The molecule has 0 amide bonds. The first kappa shape index (κ1) is 28.4. The molecule has 32 heavy (non-hydrogen) atoms. The summed E-state index contributed by atoms with van der Waals surface area (Å²) in [5.41, 5.74) is -10.5. The van der Waals surface area contributed by atoms with Gasteiger partial charge in [0, 0.05) is 18.7 Å². The average molecular weight is 516 g/mol. The molecule has 2 N–H and O–H groups in total. The van der Waals surface area contributed by atoms with Crippen molar-refractivity contribution in [3.8, 4) is 0 Å². The third kappa shape index (κ3) is 8.04. The molecule has 186 valence electrons. The summed E-state index contributed by atoms with van der Waals surface area (Å²) < 4.78 is 121. The predicted octanol–water partition coefficient (Wildman–Crippen LogP) is 2.18. The summed E-state index contributed by atoms with van der Waals surface area (Å²) >= 11 is 0. The normalized spacial score (nSPS) is 22.9. The van der Waals surface area contributed by atoms with Crippen LogP contribution >= 0.6 is 0 Å². The Morgan fingerprint density at radius 2 is 1.53 bits per heavy atom. The molecule has 0 saturated heterocycles. The van der Waals surface area contributed by atoms with E-state index in [0.29, 0.717) is 5.92 Å². The van der Waals surface area contributed by atoms with E-state index in [4.69, 9.17) is 0 Å². The monoisotopic (exact) mass is 516 g/mol.